The molecule has 0 unspecified atom stereocenters. The first-order valence-electron chi connectivity index (χ1n) is 10.6. The van der Waals surface area contributed by atoms with Gasteiger partial charge < -0.3 is 14.6 Å². The molecule has 0 saturated heterocycles. The van der Waals surface area contributed by atoms with Crippen molar-refractivity contribution in [3.63, 3.8) is 0 Å². The van der Waals surface area contributed by atoms with Crippen molar-refractivity contribution in [3.05, 3.63) is 71.9 Å². The molecule has 2 N–H and O–H groups in total. The number of carboxylic acid groups (broad SMARTS) is 1. The molecular weight excluding hydrogens is 458 g/mol. The number of H-pyrrole nitrogens is 1. The highest BCUT2D eigenvalue weighted by Crippen LogP contribution is 2.30. The second-order valence-electron chi connectivity index (χ2n) is 8.53. The summed E-state index contributed by atoms with van der Waals surface area (Å²) < 4.78 is 39.0. The Bertz CT molecular complexity index is 1370. The topological polar surface area (TPSA) is 110 Å². The molecule has 0 aliphatic rings. The van der Waals surface area contributed by atoms with Gasteiger partial charge in [-0.05, 0) is 68.3 Å². The minimum atomic E-state index is -1.06. The van der Waals surface area contributed by atoms with Crippen molar-refractivity contribution in [1.82, 2.24) is 20.2 Å². The normalized spacial score (nSPS) is 11.3. The first-order valence-corrected chi connectivity index (χ1v) is 10.6. The fourth-order valence-corrected chi connectivity index (χ4v) is 3.12. The lowest BCUT2D eigenvalue weighted by atomic mass is 9.95. The number of ether oxygens (including phenoxy) is 2. The Hall–Kier alpha value is -4.34. The molecule has 0 atom stereocenters. The van der Waals surface area contributed by atoms with E-state index in [1.807, 2.05) is 6.92 Å². The van der Waals surface area contributed by atoms with E-state index in [4.69, 9.17) is 9.47 Å². The highest BCUT2D eigenvalue weighted by molar-refractivity contribution is 5.74. The fraction of sp³-hybridized carbons (Fsp3) is 0.200. The maximum absolute atomic E-state index is 15.0. The van der Waals surface area contributed by atoms with Gasteiger partial charge in [0.05, 0.1) is 11.0 Å². The molecule has 2 heterocycles. The van der Waals surface area contributed by atoms with Crippen LogP contribution in [0.5, 0.6) is 17.6 Å². The molecule has 0 amide bonds. The molecule has 4 aromatic rings. The van der Waals surface area contributed by atoms with E-state index >= 15 is 0 Å². The summed E-state index contributed by atoms with van der Waals surface area (Å²) in [5.41, 5.74) is 1.20. The molecule has 0 fully saturated rings. The number of nitrogens with one attached hydrogen (secondary N) is 1. The number of benzene rings is 2. The first kappa shape index (κ1) is 23.8. The summed E-state index contributed by atoms with van der Waals surface area (Å²) in [6.45, 7) is 4.91. The molecule has 35 heavy (non-hydrogen) atoms. The number of pyridine rings is 1. The number of aryl methyl sites for hydroxylation is 1. The van der Waals surface area contributed by atoms with Gasteiger partial charge in [-0.1, -0.05) is 6.07 Å². The Balaban J connectivity index is 1.50. The second kappa shape index (κ2) is 9.49. The van der Waals surface area contributed by atoms with Gasteiger partial charge in [-0.15, -0.1) is 5.10 Å². The lowest BCUT2D eigenvalue weighted by Crippen LogP contribution is -2.30. The van der Waals surface area contributed by atoms with Crippen LogP contribution in [0, 0.1) is 24.0 Å². The molecule has 2 aromatic carbocycles. The van der Waals surface area contributed by atoms with Gasteiger partial charge in [0.2, 0.25) is 5.88 Å². The van der Waals surface area contributed by atoms with Crippen LogP contribution in [0.1, 0.15) is 19.4 Å². The van der Waals surface area contributed by atoms with Crippen molar-refractivity contribution in [3.8, 4) is 40.2 Å². The molecule has 180 valence electrons. The van der Waals surface area contributed by atoms with Crippen molar-refractivity contribution in [2.24, 2.45) is 5.41 Å². The van der Waals surface area contributed by atoms with Gasteiger partial charge in [-0.3, -0.25) is 9.89 Å². The predicted molar refractivity (Wildman–Crippen MR) is 123 cm³/mol. The van der Waals surface area contributed by atoms with Crippen LogP contribution in [-0.4, -0.2) is 37.8 Å². The van der Waals surface area contributed by atoms with E-state index in [1.165, 1.54) is 30.3 Å². The number of hydrogen-bond acceptors (Lipinski definition) is 6. The maximum atomic E-state index is 15.0. The minimum Gasteiger partial charge on any atom is -0.481 e. The van der Waals surface area contributed by atoms with Gasteiger partial charge in [0.25, 0.3) is 0 Å². The summed E-state index contributed by atoms with van der Waals surface area (Å²) in [7, 11) is 0. The summed E-state index contributed by atoms with van der Waals surface area (Å²) in [4.78, 5) is 19.6. The lowest BCUT2D eigenvalue weighted by Gasteiger charge is -2.19. The largest absolute Gasteiger partial charge is 0.481 e. The van der Waals surface area contributed by atoms with Crippen LogP contribution < -0.4 is 9.47 Å². The van der Waals surface area contributed by atoms with Crippen LogP contribution in [0.2, 0.25) is 0 Å². The zero-order chi connectivity index (χ0) is 25.2. The summed E-state index contributed by atoms with van der Waals surface area (Å²) in [6, 6.07) is 11.6. The number of hydrogen-bond donors (Lipinski definition) is 2. The standard InChI is InChI=1S/C25H22F2N4O4/c1-14-10-21(34-13-25(2,3)23(32)33)28-12-19(14)15-4-9-18(20(27)11-15)22-29-24(31-30-22)35-17-7-5-16(26)6-8-17/h4-12H,13H2,1-3H3,(H,32,33)(H,29,30,31). The highest BCUT2D eigenvalue weighted by Gasteiger charge is 2.28. The Labute approximate surface area is 199 Å². The summed E-state index contributed by atoms with van der Waals surface area (Å²) in [5.74, 6) is -1.10. The molecule has 0 radical (unpaired) electrons. The van der Waals surface area contributed by atoms with Crippen molar-refractivity contribution < 1.29 is 28.2 Å². The smallest absolute Gasteiger partial charge is 0.341 e. The highest BCUT2D eigenvalue weighted by atomic mass is 19.1. The third kappa shape index (κ3) is 5.43. The fourth-order valence-electron chi connectivity index (χ4n) is 3.12. The molecule has 0 aliphatic carbocycles. The van der Waals surface area contributed by atoms with Gasteiger partial charge in [-0.2, -0.15) is 4.98 Å². The van der Waals surface area contributed by atoms with E-state index in [0.29, 0.717) is 16.9 Å². The Kier molecular flexibility index (Phi) is 6.46. The number of carboxylic acids is 1. The molecule has 4 rings (SSSR count). The third-order valence-corrected chi connectivity index (χ3v) is 5.27. The maximum Gasteiger partial charge on any atom is 0.341 e. The van der Waals surface area contributed by atoms with Crippen molar-refractivity contribution in [2.45, 2.75) is 20.8 Å². The lowest BCUT2D eigenvalue weighted by molar-refractivity contribution is -0.148. The molecule has 0 spiro atoms. The number of rotatable bonds is 8. The van der Waals surface area contributed by atoms with E-state index in [2.05, 4.69) is 20.2 Å². The van der Waals surface area contributed by atoms with Gasteiger partial charge in [0.15, 0.2) is 5.82 Å². The number of aromatic nitrogens is 4. The van der Waals surface area contributed by atoms with E-state index in [1.54, 1.807) is 38.2 Å². The number of carbonyl (C=O) groups is 1. The zero-order valence-electron chi connectivity index (χ0n) is 19.2. The van der Waals surface area contributed by atoms with E-state index in [0.717, 1.165) is 5.56 Å². The van der Waals surface area contributed by atoms with Gasteiger partial charge in [0.1, 0.15) is 24.0 Å². The Morgan fingerprint density at radius 1 is 1.09 bits per heavy atom. The number of aliphatic carboxylic acids is 1. The molecule has 0 aliphatic heterocycles. The average molecular weight is 480 g/mol. The summed E-state index contributed by atoms with van der Waals surface area (Å²) in [6.07, 6.45) is 1.55. The van der Waals surface area contributed by atoms with E-state index in [9.17, 15) is 18.7 Å². The van der Waals surface area contributed by atoms with Gasteiger partial charge in [-0.25, -0.2) is 13.8 Å². The molecular formula is C25H22F2N4O4. The summed E-state index contributed by atoms with van der Waals surface area (Å²) >= 11 is 0. The monoisotopic (exact) mass is 480 g/mol. The Morgan fingerprint density at radius 3 is 2.49 bits per heavy atom. The summed E-state index contributed by atoms with van der Waals surface area (Å²) in [5, 5.41) is 15.8. The molecule has 0 bridgehead atoms. The predicted octanol–water partition coefficient (Wildman–Crippen LogP) is 5.40. The van der Waals surface area contributed by atoms with Crippen LogP contribution in [0.15, 0.2) is 54.7 Å². The van der Waals surface area contributed by atoms with E-state index in [-0.39, 0.29) is 29.9 Å². The minimum absolute atomic E-state index is 0.0307. The van der Waals surface area contributed by atoms with Crippen molar-refractivity contribution in [2.75, 3.05) is 6.61 Å². The van der Waals surface area contributed by atoms with Crippen LogP contribution in [-0.2, 0) is 4.79 Å². The Morgan fingerprint density at radius 2 is 1.83 bits per heavy atom. The third-order valence-electron chi connectivity index (χ3n) is 5.27. The molecule has 8 nitrogen and oxygen atoms in total. The SMILES string of the molecule is Cc1cc(OCC(C)(C)C(=O)O)ncc1-c1ccc(-c2nc(Oc3ccc(F)cc3)n[nH]2)c(F)c1. The number of nitrogens with zero attached hydrogens (tertiary/aromatic N) is 3. The van der Waals surface area contributed by atoms with Crippen LogP contribution in [0.25, 0.3) is 22.5 Å². The first-order chi connectivity index (χ1) is 16.6. The number of halogens is 2. The molecule has 2 aromatic heterocycles. The van der Waals surface area contributed by atoms with Gasteiger partial charge >= 0.3 is 12.0 Å². The van der Waals surface area contributed by atoms with Crippen LogP contribution in [0.4, 0.5) is 8.78 Å². The average Bonchev–Trinajstić information content (AvgIpc) is 3.27. The second-order valence-corrected chi connectivity index (χ2v) is 8.53. The van der Waals surface area contributed by atoms with Crippen LogP contribution >= 0.6 is 0 Å². The van der Waals surface area contributed by atoms with E-state index < -0.39 is 23.0 Å². The quantitative estimate of drug-likeness (QED) is 0.347. The van der Waals surface area contributed by atoms with Crippen molar-refractivity contribution in [1.29, 1.82) is 0 Å². The van der Waals surface area contributed by atoms with Crippen molar-refractivity contribution >= 4 is 5.97 Å². The molecule has 10 heteroatoms. The van der Waals surface area contributed by atoms with Gasteiger partial charge in [0, 0.05) is 17.8 Å². The van der Waals surface area contributed by atoms with Crippen LogP contribution in [0.3, 0.4) is 0 Å². The number of aromatic amines is 1. The zero-order valence-corrected chi connectivity index (χ0v) is 19.2. The molecule has 0 saturated carbocycles.